The number of nitrogens with zero attached hydrogens (tertiary/aromatic N) is 1. The van der Waals surface area contributed by atoms with Crippen LogP contribution in [0.1, 0.15) is 78.1 Å². The highest BCUT2D eigenvalue weighted by Gasteiger charge is 2.01. The van der Waals surface area contributed by atoms with Gasteiger partial charge in [-0.3, -0.25) is 0 Å². The van der Waals surface area contributed by atoms with Gasteiger partial charge in [0.2, 0.25) is 0 Å². The maximum Gasteiger partial charge on any atom is 0.0105 e. The monoisotopic (exact) mass is 299 g/mol. The van der Waals surface area contributed by atoms with Crippen molar-refractivity contribution >= 4 is 0 Å². The van der Waals surface area contributed by atoms with Crippen molar-refractivity contribution in [2.75, 3.05) is 32.7 Å². The lowest BCUT2D eigenvalue weighted by molar-refractivity contribution is 0.281. The molecule has 0 spiro atoms. The Labute approximate surface area is 133 Å². The number of hydrogen-bond acceptors (Lipinski definition) is 3. The van der Waals surface area contributed by atoms with E-state index in [0.29, 0.717) is 0 Å². The minimum absolute atomic E-state index is 0.747. The second kappa shape index (κ2) is 16.3. The summed E-state index contributed by atoms with van der Waals surface area (Å²) in [6.45, 7) is 9.29. The summed E-state index contributed by atoms with van der Waals surface area (Å²) in [5, 5.41) is 0. The van der Waals surface area contributed by atoms with Gasteiger partial charge in [0.05, 0.1) is 0 Å². The Morgan fingerprint density at radius 1 is 0.619 bits per heavy atom. The molecule has 0 atom stereocenters. The van der Waals surface area contributed by atoms with Gasteiger partial charge >= 0.3 is 0 Å². The molecule has 0 aromatic rings. The van der Waals surface area contributed by atoms with Gasteiger partial charge in [-0.1, -0.05) is 71.6 Å². The molecule has 4 N–H and O–H groups in total. The van der Waals surface area contributed by atoms with Crippen LogP contribution in [0.4, 0.5) is 0 Å². The quantitative estimate of drug-likeness (QED) is 0.427. The maximum absolute atomic E-state index is 5.61. The van der Waals surface area contributed by atoms with E-state index in [1.807, 2.05) is 0 Å². The lowest BCUT2D eigenvalue weighted by Crippen LogP contribution is -2.34. The maximum atomic E-state index is 5.61. The summed E-state index contributed by atoms with van der Waals surface area (Å²) in [6.07, 6.45) is 14.0. The van der Waals surface area contributed by atoms with Crippen molar-refractivity contribution in [2.24, 2.45) is 17.4 Å². The van der Waals surface area contributed by atoms with Crippen LogP contribution in [0.5, 0.6) is 0 Å². The van der Waals surface area contributed by atoms with Gasteiger partial charge in [-0.2, -0.15) is 0 Å². The molecule has 0 fully saturated rings. The van der Waals surface area contributed by atoms with E-state index in [-0.39, 0.29) is 0 Å². The van der Waals surface area contributed by atoms with Crippen LogP contribution in [0.3, 0.4) is 0 Å². The van der Waals surface area contributed by atoms with Gasteiger partial charge < -0.3 is 16.4 Å². The largest absolute Gasteiger partial charge is 0.329 e. The van der Waals surface area contributed by atoms with E-state index in [9.17, 15) is 0 Å². The lowest BCUT2D eigenvalue weighted by atomic mass is 10.0. The number of nitrogens with two attached hydrogens (primary N) is 2. The third-order valence-corrected chi connectivity index (χ3v) is 4.15. The predicted octanol–water partition coefficient (Wildman–Crippen LogP) is 3.76. The molecule has 0 aliphatic rings. The Morgan fingerprint density at radius 2 is 1.05 bits per heavy atom. The van der Waals surface area contributed by atoms with E-state index in [4.69, 9.17) is 11.5 Å². The molecule has 3 nitrogen and oxygen atoms in total. The van der Waals surface area contributed by atoms with E-state index in [0.717, 1.165) is 32.1 Å². The van der Waals surface area contributed by atoms with Gasteiger partial charge in [-0.15, -0.1) is 0 Å². The molecule has 3 heteroatoms. The van der Waals surface area contributed by atoms with E-state index < -0.39 is 0 Å². The summed E-state index contributed by atoms with van der Waals surface area (Å²) in [4.78, 5) is 2.40. The molecule has 0 heterocycles. The van der Waals surface area contributed by atoms with Crippen LogP contribution in [0, 0.1) is 5.92 Å². The zero-order chi connectivity index (χ0) is 15.8. The Hall–Kier alpha value is -0.120. The molecule has 128 valence electrons. The Kier molecular flexibility index (Phi) is 16.2. The fourth-order valence-corrected chi connectivity index (χ4v) is 2.83. The average molecular weight is 300 g/mol. The van der Waals surface area contributed by atoms with Gasteiger partial charge in [-0.05, 0) is 18.9 Å². The van der Waals surface area contributed by atoms with Crippen molar-refractivity contribution in [3.63, 3.8) is 0 Å². The van der Waals surface area contributed by atoms with Crippen molar-refractivity contribution in [1.82, 2.24) is 4.90 Å². The SMILES string of the molecule is CC(C)CCCCCCCCCCCN(CCN)CCN. The van der Waals surface area contributed by atoms with Crippen molar-refractivity contribution in [3.05, 3.63) is 0 Å². The summed E-state index contributed by atoms with van der Waals surface area (Å²) >= 11 is 0. The summed E-state index contributed by atoms with van der Waals surface area (Å²) in [5.74, 6) is 0.878. The first-order valence-corrected chi connectivity index (χ1v) is 9.33. The van der Waals surface area contributed by atoms with Crippen LogP contribution in [-0.2, 0) is 0 Å². The minimum Gasteiger partial charge on any atom is -0.329 e. The molecule has 0 rings (SSSR count). The second-order valence-electron chi connectivity index (χ2n) is 6.78. The fraction of sp³-hybridized carbons (Fsp3) is 1.00. The molecule has 0 aliphatic carbocycles. The molecule has 0 saturated heterocycles. The minimum atomic E-state index is 0.747. The molecule has 0 aromatic heterocycles. The molecule has 21 heavy (non-hydrogen) atoms. The zero-order valence-electron chi connectivity index (χ0n) is 14.8. The summed E-state index contributed by atoms with van der Waals surface area (Å²) in [6, 6.07) is 0. The van der Waals surface area contributed by atoms with E-state index >= 15 is 0 Å². The number of unbranched alkanes of at least 4 members (excludes halogenated alkanes) is 8. The molecule has 0 aromatic carbocycles. The Morgan fingerprint density at radius 3 is 1.48 bits per heavy atom. The Bertz CT molecular complexity index is 189. The first-order chi connectivity index (χ1) is 10.2. The van der Waals surface area contributed by atoms with Crippen LogP contribution in [0.15, 0.2) is 0 Å². The van der Waals surface area contributed by atoms with Crippen LogP contribution in [0.2, 0.25) is 0 Å². The molecule has 0 aliphatic heterocycles. The highest BCUT2D eigenvalue weighted by atomic mass is 15.1. The standard InChI is InChI=1S/C18H41N3/c1-18(2)12-10-8-6-4-3-5-7-9-11-15-21(16-13-19)17-14-20/h18H,3-17,19-20H2,1-2H3. The molecule has 0 amide bonds. The van der Waals surface area contributed by atoms with Gasteiger partial charge in [0.25, 0.3) is 0 Å². The molecule has 0 saturated carbocycles. The summed E-state index contributed by atoms with van der Waals surface area (Å²) < 4.78 is 0. The normalized spacial score (nSPS) is 11.7. The zero-order valence-corrected chi connectivity index (χ0v) is 14.8. The second-order valence-corrected chi connectivity index (χ2v) is 6.78. The van der Waals surface area contributed by atoms with Crippen molar-refractivity contribution in [2.45, 2.75) is 78.1 Å². The van der Waals surface area contributed by atoms with E-state index in [2.05, 4.69) is 18.7 Å². The molecule has 0 radical (unpaired) electrons. The van der Waals surface area contributed by atoms with Gasteiger partial charge in [0.1, 0.15) is 0 Å². The number of hydrogen-bond donors (Lipinski definition) is 2. The van der Waals surface area contributed by atoms with Crippen LogP contribution >= 0.6 is 0 Å². The van der Waals surface area contributed by atoms with Crippen LogP contribution in [-0.4, -0.2) is 37.6 Å². The molecular weight excluding hydrogens is 258 g/mol. The molecule has 0 unspecified atom stereocenters. The first-order valence-electron chi connectivity index (χ1n) is 9.33. The van der Waals surface area contributed by atoms with Crippen molar-refractivity contribution < 1.29 is 0 Å². The lowest BCUT2D eigenvalue weighted by Gasteiger charge is -2.20. The van der Waals surface area contributed by atoms with Gasteiger partial charge in [0, 0.05) is 26.2 Å². The predicted molar refractivity (Wildman–Crippen MR) is 95.6 cm³/mol. The van der Waals surface area contributed by atoms with Crippen LogP contribution in [0.25, 0.3) is 0 Å². The average Bonchev–Trinajstić information content (AvgIpc) is 2.44. The Balaban J connectivity index is 3.20. The first kappa shape index (κ1) is 20.9. The highest BCUT2D eigenvalue weighted by Crippen LogP contribution is 2.13. The summed E-state index contributed by atoms with van der Waals surface area (Å²) in [5.41, 5.74) is 11.2. The fourth-order valence-electron chi connectivity index (χ4n) is 2.83. The molecular formula is C18H41N3. The van der Waals surface area contributed by atoms with Crippen molar-refractivity contribution in [3.8, 4) is 0 Å². The summed E-state index contributed by atoms with van der Waals surface area (Å²) in [7, 11) is 0. The third-order valence-electron chi connectivity index (χ3n) is 4.15. The van der Waals surface area contributed by atoms with Gasteiger partial charge in [0.15, 0.2) is 0 Å². The van der Waals surface area contributed by atoms with Crippen LogP contribution < -0.4 is 11.5 Å². The van der Waals surface area contributed by atoms with E-state index in [1.165, 1.54) is 70.8 Å². The third kappa shape index (κ3) is 16.1. The highest BCUT2D eigenvalue weighted by molar-refractivity contribution is 4.59. The van der Waals surface area contributed by atoms with Gasteiger partial charge in [-0.25, -0.2) is 0 Å². The smallest absolute Gasteiger partial charge is 0.0105 e. The topological polar surface area (TPSA) is 55.3 Å². The number of rotatable bonds is 16. The molecule has 0 bridgehead atoms. The van der Waals surface area contributed by atoms with E-state index in [1.54, 1.807) is 0 Å². The van der Waals surface area contributed by atoms with Crippen molar-refractivity contribution in [1.29, 1.82) is 0 Å².